The number of aromatic nitrogens is 2. The van der Waals surface area contributed by atoms with E-state index in [0.29, 0.717) is 27.9 Å². The van der Waals surface area contributed by atoms with Crippen molar-refractivity contribution < 1.29 is 13.9 Å². The number of H-pyrrole nitrogens is 1. The van der Waals surface area contributed by atoms with Gasteiger partial charge < -0.3 is 9.72 Å². The SMILES string of the molecule is CCOC(=O)C1(c2nc3cc(Br)c(F)cc3[nH]2)CC1. The van der Waals surface area contributed by atoms with Gasteiger partial charge in [0.2, 0.25) is 0 Å². The first-order valence-corrected chi connectivity index (χ1v) is 6.88. The van der Waals surface area contributed by atoms with Crippen molar-refractivity contribution in [3.05, 3.63) is 28.2 Å². The van der Waals surface area contributed by atoms with Gasteiger partial charge in [-0.05, 0) is 41.8 Å². The third kappa shape index (κ3) is 1.94. The maximum atomic E-state index is 13.5. The Balaban J connectivity index is 2.04. The van der Waals surface area contributed by atoms with E-state index in [9.17, 15) is 9.18 Å². The molecule has 4 nitrogen and oxygen atoms in total. The third-order valence-corrected chi connectivity index (χ3v) is 4.00. The van der Waals surface area contributed by atoms with Gasteiger partial charge in [0.15, 0.2) is 0 Å². The van der Waals surface area contributed by atoms with E-state index >= 15 is 0 Å². The van der Waals surface area contributed by atoms with Crippen LogP contribution in [0.2, 0.25) is 0 Å². The largest absolute Gasteiger partial charge is 0.465 e. The molecule has 1 fully saturated rings. The molecule has 1 aromatic heterocycles. The molecule has 1 N–H and O–H groups in total. The van der Waals surface area contributed by atoms with Crippen molar-refractivity contribution in [2.45, 2.75) is 25.2 Å². The predicted molar refractivity (Wildman–Crippen MR) is 71.3 cm³/mol. The zero-order chi connectivity index (χ0) is 13.6. The fourth-order valence-corrected chi connectivity index (χ4v) is 2.49. The van der Waals surface area contributed by atoms with E-state index in [4.69, 9.17) is 4.74 Å². The van der Waals surface area contributed by atoms with E-state index < -0.39 is 5.41 Å². The Labute approximate surface area is 117 Å². The van der Waals surface area contributed by atoms with Crippen LogP contribution in [0.1, 0.15) is 25.6 Å². The second-order valence-corrected chi connectivity index (χ2v) is 5.53. The predicted octanol–water partition coefficient (Wildman–Crippen LogP) is 3.06. The fraction of sp³-hybridized carbons (Fsp3) is 0.385. The molecule has 100 valence electrons. The third-order valence-electron chi connectivity index (χ3n) is 3.39. The Morgan fingerprint density at radius 1 is 1.58 bits per heavy atom. The molecule has 0 saturated heterocycles. The molecule has 1 saturated carbocycles. The minimum Gasteiger partial charge on any atom is -0.465 e. The monoisotopic (exact) mass is 326 g/mol. The number of nitrogens with one attached hydrogen (secondary N) is 1. The number of ether oxygens (including phenoxy) is 1. The van der Waals surface area contributed by atoms with Gasteiger partial charge >= 0.3 is 5.97 Å². The second kappa shape index (κ2) is 4.30. The number of halogens is 2. The van der Waals surface area contributed by atoms with Crippen LogP contribution in [-0.2, 0) is 14.9 Å². The normalized spacial score (nSPS) is 16.6. The zero-order valence-electron chi connectivity index (χ0n) is 10.3. The van der Waals surface area contributed by atoms with Gasteiger partial charge in [-0.1, -0.05) is 0 Å². The second-order valence-electron chi connectivity index (χ2n) is 4.67. The van der Waals surface area contributed by atoms with Crippen LogP contribution in [0.3, 0.4) is 0 Å². The number of rotatable bonds is 3. The van der Waals surface area contributed by atoms with Crippen molar-refractivity contribution >= 4 is 32.9 Å². The van der Waals surface area contributed by atoms with Crippen LogP contribution in [0.15, 0.2) is 16.6 Å². The number of aromatic amines is 1. The summed E-state index contributed by atoms with van der Waals surface area (Å²) in [5, 5.41) is 0. The number of hydrogen-bond donors (Lipinski definition) is 1. The Bertz CT molecular complexity index is 625. The summed E-state index contributed by atoms with van der Waals surface area (Å²) in [7, 11) is 0. The van der Waals surface area contributed by atoms with Crippen molar-refractivity contribution in [2.24, 2.45) is 0 Å². The van der Waals surface area contributed by atoms with E-state index in [1.807, 2.05) is 0 Å². The molecule has 0 bridgehead atoms. The van der Waals surface area contributed by atoms with Crippen LogP contribution in [-0.4, -0.2) is 22.5 Å². The summed E-state index contributed by atoms with van der Waals surface area (Å²) in [5.41, 5.74) is 0.572. The topological polar surface area (TPSA) is 55.0 Å². The molecular formula is C13H12BrFN2O2. The molecule has 2 aromatic rings. The first-order valence-electron chi connectivity index (χ1n) is 6.09. The highest BCUT2D eigenvalue weighted by Crippen LogP contribution is 2.48. The molecule has 0 radical (unpaired) electrons. The summed E-state index contributed by atoms with van der Waals surface area (Å²) in [6, 6.07) is 2.98. The molecule has 3 rings (SSSR count). The number of benzene rings is 1. The molecule has 19 heavy (non-hydrogen) atoms. The lowest BCUT2D eigenvalue weighted by Gasteiger charge is -2.10. The first kappa shape index (κ1) is 12.6. The molecule has 1 heterocycles. The van der Waals surface area contributed by atoms with Crippen LogP contribution in [0, 0.1) is 5.82 Å². The van der Waals surface area contributed by atoms with Gasteiger partial charge in [-0.25, -0.2) is 9.37 Å². The van der Waals surface area contributed by atoms with E-state index in [0.717, 1.165) is 12.8 Å². The summed E-state index contributed by atoms with van der Waals surface area (Å²) >= 11 is 3.12. The Morgan fingerprint density at radius 2 is 2.32 bits per heavy atom. The van der Waals surface area contributed by atoms with Crippen LogP contribution in [0.5, 0.6) is 0 Å². The molecule has 0 amide bonds. The van der Waals surface area contributed by atoms with Gasteiger partial charge in [0.1, 0.15) is 17.1 Å². The fourth-order valence-electron chi connectivity index (χ4n) is 2.16. The number of hydrogen-bond acceptors (Lipinski definition) is 3. The van der Waals surface area contributed by atoms with E-state index in [-0.39, 0.29) is 11.8 Å². The van der Waals surface area contributed by atoms with Crippen molar-refractivity contribution in [3.63, 3.8) is 0 Å². The highest BCUT2D eigenvalue weighted by atomic mass is 79.9. The van der Waals surface area contributed by atoms with E-state index in [1.54, 1.807) is 13.0 Å². The summed E-state index contributed by atoms with van der Waals surface area (Å²) < 4.78 is 18.9. The smallest absolute Gasteiger partial charge is 0.319 e. The molecule has 1 aromatic carbocycles. The molecule has 1 aliphatic rings. The van der Waals surface area contributed by atoms with Gasteiger partial charge in [-0.15, -0.1) is 0 Å². The molecule has 0 atom stereocenters. The lowest BCUT2D eigenvalue weighted by molar-refractivity contribution is -0.146. The van der Waals surface area contributed by atoms with Crippen LogP contribution in [0.25, 0.3) is 11.0 Å². The molecule has 0 aliphatic heterocycles. The van der Waals surface area contributed by atoms with Crippen molar-refractivity contribution in [1.29, 1.82) is 0 Å². The number of carbonyl (C=O) groups is 1. The van der Waals surface area contributed by atoms with Gasteiger partial charge in [0, 0.05) is 6.07 Å². The standard InChI is InChI=1S/C13H12BrFN2O2/c1-2-19-12(18)13(3-4-13)11-16-9-5-7(14)8(15)6-10(9)17-11/h5-6H,2-4H2,1H3,(H,16,17). The maximum absolute atomic E-state index is 13.5. The summed E-state index contributed by atoms with van der Waals surface area (Å²) in [6.07, 6.45) is 1.44. The minimum atomic E-state index is -0.655. The molecule has 0 spiro atoms. The number of esters is 1. The van der Waals surface area contributed by atoms with Crippen LogP contribution >= 0.6 is 15.9 Å². The number of nitrogens with zero attached hydrogens (tertiary/aromatic N) is 1. The Kier molecular flexibility index (Phi) is 2.85. The lowest BCUT2D eigenvalue weighted by Crippen LogP contribution is -2.24. The zero-order valence-corrected chi connectivity index (χ0v) is 11.9. The molecule has 0 unspecified atom stereocenters. The van der Waals surface area contributed by atoms with Gasteiger partial charge in [-0.3, -0.25) is 4.79 Å². The molecule has 1 aliphatic carbocycles. The number of imidazole rings is 1. The average molecular weight is 327 g/mol. The van der Waals surface area contributed by atoms with Crippen molar-refractivity contribution in [3.8, 4) is 0 Å². The first-order chi connectivity index (χ1) is 9.06. The van der Waals surface area contributed by atoms with Crippen molar-refractivity contribution in [2.75, 3.05) is 6.61 Å². The Hall–Kier alpha value is -1.43. The number of carbonyl (C=O) groups excluding carboxylic acids is 1. The molecule has 6 heteroatoms. The lowest BCUT2D eigenvalue weighted by atomic mass is 10.1. The molecular weight excluding hydrogens is 315 g/mol. The highest BCUT2D eigenvalue weighted by Gasteiger charge is 2.55. The van der Waals surface area contributed by atoms with Crippen LogP contribution < -0.4 is 0 Å². The average Bonchev–Trinajstić information content (AvgIpc) is 3.08. The quantitative estimate of drug-likeness (QED) is 0.882. The maximum Gasteiger partial charge on any atom is 0.319 e. The minimum absolute atomic E-state index is 0.256. The number of fused-ring (bicyclic) bond motifs is 1. The van der Waals surface area contributed by atoms with Gasteiger partial charge in [-0.2, -0.15) is 0 Å². The highest BCUT2D eigenvalue weighted by molar-refractivity contribution is 9.10. The van der Waals surface area contributed by atoms with Gasteiger partial charge in [0.25, 0.3) is 0 Å². The van der Waals surface area contributed by atoms with Crippen LogP contribution in [0.4, 0.5) is 4.39 Å². The summed E-state index contributed by atoms with van der Waals surface area (Å²) in [5.74, 6) is -0.0456. The van der Waals surface area contributed by atoms with E-state index in [1.165, 1.54) is 6.07 Å². The van der Waals surface area contributed by atoms with Gasteiger partial charge in [0.05, 0.1) is 22.1 Å². The summed E-state index contributed by atoms with van der Waals surface area (Å²) in [6.45, 7) is 2.13. The Morgan fingerprint density at radius 3 is 2.95 bits per heavy atom. The summed E-state index contributed by atoms with van der Waals surface area (Å²) in [4.78, 5) is 19.4. The van der Waals surface area contributed by atoms with E-state index in [2.05, 4.69) is 25.9 Å². The van der Waals surface area contributed by atoms with Crippen molar-refractivity contribution in [1.82, 2.24) is 9.97 Å².